The lowest BCUT2D eigenvalue weighted by molar-refractivity contribution is -0.114. The van der Waals surface area contributed by atoms with Crippen molar-refractivity contribution >= 4 is 52.2 Å². The number of aryl methyl sites for hydroxylation is 1. The Morgan fingerprint density at radius 3 is 2.22 bits per heavy atom. The molecule has 2 aromatic carbocycles. The molecule has 0 spiro atoms. The average Bonchev–Trinajstić information content (AvgIpc) is 3.20. The van der Waals surface area contributed by atoms with Crippen LogP contribution in [0.25, 0.3) is 6.08 Å². The molecule has 0 radical (unpaired) electrons. The number of rotatable bonds is 7. The fraction of sp³-hybridized carbons (Fsp3) is 0.217. The van der Waals surface area contributed by atoms with Crippen LogP contribution < -0.4 is 9.47 Å². The van der Waals surface area contributed by atoms with Crippen molar-refractivity contribution in [2.45, 2.75) is 20.3 Å². The predicted molar refractivity (Wildman–Crippen MR) is 131 cm³/mol. The molecule has 2 aliphatic rings. The first kappa shape index (κ1) is 23.6. The number of ether oxygens (including phenoxy) is 2. The smallest absolute Gasteiger partial charge is 0.283 e. The highest BCUT2D eigenvalue weighted by Gasteiger charge is 2.34. The summed E-state index contributed by atoms with van der Waals surface area (Å²) in [5.74, 6) is 1.13. The van der Waals surface area contributed by atoms with Crippen molar-refractivity contribution in [1.82, 2.24) is 5.01 Å². The summed E-state index contributed by atoms with van der Waals surface area (Å²) in [7, 11) is 0. The zero-order valence-corrected chi connectivity index (χ0v) is 19.3. The summed E-state index contributed by atoms with van der Waals surface area (Å²) in [6.07, 6.45) is 2.39. The molecule has 0 aromatic heterocycles. The minimum absolute atomic E-state index is 0. The molecule has 0 saturated carbocycles. The highest BCUT2D eigenvalue weighted by molar-refractivity contribution is 8.26. The van der Waals surface area contributed by atoms with Crippen LogP contribution in [0, 0.1) is 12.3 Å². The molecule has 1 amide bonds. The SMILES string of the molecule is CCC1=NN2C(=N)/C(=C\c3ccc(OCCOc4ccc(C)cc4)cc3)C(=O)N=C2S1.Cl. The van der Waals surface area contributed by atoms with Crippen LogP contribution in [0.4, 0.5) is 0 Å². The molecule has 32 heavy (non-hydrogen) atoms. The molecule has 0 fully saturated rings. The quantitative estimate of drug-likeness (QED) is 0.459. The van der Waals surface area contributed by atoms with Crippen LogP contribution in [0.1, 0.15) is 24.5 Å². The second kappa shape index (κ2) is 10.5. The van der Waals surface area contributed by atoms with Gasteiger partial charge < -0.3 is 9.47 Å². The average molecular weight is 471 g/mol. The van der Waals surface area contributed by atoms with Crippen LogP contribution >= 0.6 is 24.2 Å². The van der Waals surface area contributed by atoms with E-state index in [1.165, 1.54) is 22.3 Å². The summed E-state index contributed by atoms with van der Waals surface area (Å²) in [6, 6.07) is 15.2. The lowest BCUT2D eigenvalue weighted by Gasteiger charge is -2.20. The van der Waals surface area contributed by atoms with E-state index in [1.807, 2.05) is 62.4 Å². The number of carbonyl (C=O) groups is 1. The standard InChI is InChI=1S/C23H22N4O3S.ClH/c1-3-20-26-27-21(24)19(22(28)25-23(27)31-20)14-16-6-10-18(11-7-16)30-13-12-29-17-8-4-15(2)5-9-17;/h4-11,14,24H,3,12-13H2,1-2H3;1H/b19-14+,24-21?;. The summed E-state index contributed by atoms with van der Waals surface area (Å²) in [5.41, 5.74) is 2.18. The number of benzene rings is 2. The van der Waals surface area contributed by atoms with Crippen molar-refractivity contribution in [3.63, 3.8) is 0 Å². The van der Waals surface area contributed by atoms with Crippen LogP contribution in [0.3, 0.4) is 0 Å². The van der Waals surface area contributed by atoms with E-state index in [9.17, 15) is 4.79 Å². The van der Waals surface area contributed by atoms with Gasteiger partial charge in [0.15, 0.2) is 5.84 Å². The van der Waals surface area contributed by atoms with E-state index in [0.717, 1.165) is 22.8 Å². The van der Waals surface area contributed by atoms with Gasteiger partial charge in [-0.3, -0.25) is 10.2 Å². The van der Waals surface area contributed by atoms with Gasteiger partial charge in [-0.2, -0.15) is 15.1 Å². The predicted octanol–water partition coefficient (Wildman–Crippen LogP) is 4.90. The Hall–Kier alpha value is -3.10. The number of hydrogen-bond acceptors (Lipinski definition) is 6. The minimum Gasteiger partial charge on any atom is -0.490 e. The first-order valence-electron chi connectivity index (χ1n) is 9.95. The summed E-state index contributed by atoms with van der Waals surface area (Å²) >= 11 is 1.33. The van der Waals surface area contributed by atoms with Gasteiger partial charge >= 0.3 is 0 Å². The third kappa shape index (κ3) is 5.38. The van der Waals surface area contributed by atoms with Gasteiger partial charge in [-0.05, 0) is 61.0 Å². The van der Waals surface area contributed by atoms with Crippen LogP contribution in [-0.2, 0) is 4.79 Å². The fourth-order valence-electron chi connectivity index (χ4n) is 2.96. The van der Waals surface area contributed by atoms with E-state index in [1.54, 1.807) is 6.08 Å². The Kier molecular flexibility index (Phi) is 7.71. The molecule has 2 aliphatic heterocycles. The molecule has 166 valence electrons. The van der Waals surface area contributed by atoms with E-state index in [-0.39, 0.29) is 23.8 Å². The molecule has 0 saturated heterocycles. The van der Waals surface area contributed by atoms with Gasteiger partial charge in [0, 0.05) is 0 Å². The molecule has 4 rings (SSSR count). The maximum absolute atomic E-state index is 12.4. The first-order chi connectivity index (χ1) is 15.0. The molecular weight excluding hydrogens is 448 g/mol. The molecule has 7 nitrogen and oxygen atoms in total. The van der Waals surface area contributed by atoms with Gasteiger partial charge in [0.2, 0.25) is 5.17 Å². The van der Waals surface area contributed by atoms with Gasteiger partial charge in [-0.15, -0.1) is 12.4 Å². The van der Waals surface area contributed by atoms with E-state index in [4.69, 9.17) is 14.9 Å². The van der Waals surface area contributed by atoms with Gasteiger partial charge in [0.25, 0.3) is 5.91 Å². The van der Waals surface area contributed by atoms with Crippen molar-refractivity contribution in [3.8, 4) is 11.5 Å². The molecular formula is C23H23ClN4O3S. The number of hydrazone groups is 1. The number of hydrogen-bond donors (Lipinski definition) is 1. The third-order valence-electron chi connectivity index (χ3n) is 4.63. The number of nitrogens with zero attached hydrogens (tertiary/aromatic N) is 3. The molecule has 1 N–H and O–H groups in total. The third-order valence-corrected chi connectivity index (χ3v) is 5.68. The van der Waals surface area contributed by atoms with Crippen molar-refractivity contribution in [2.75, 3.05) is 13.2 Å². The molecule has 0 unspecified atom stereocenters. The van der Waals surface area contributed by atoms with Crippen molar-refractivity contribution in [3.05, 3.63) is 65.2 Å². The Bertz CT molecular complexity index is 1100. The maximum Gasteiger partial charge on any atom is 0.283 e. The summed E-state index contributed by atoms with van der Waals surface area (Å²) in [5, 5.41) is 15.4. The lowest BCUT2D eigenvalue weighted by atomic mass is 10.1. The molecule has 2 aromatic rings. The number of halogens is 1. The Labute approximate surface area is 197 Å². The van der Waals surface area contributed by atoms with Crippen molar-refractivity contribution in [2.24, 2.45) is 10.1 Å². The molecule has 0 atom stereocenters. The topological polar surface area (TPSA) is 87.3 Å². The molecule has 2 heterocycles. The number of carbonyl (C=O) groups excluding carboxylic acids is 1. The summed E-state index contributed by atoms with van der Waals surface area (Å²) < 4.78 is 11.4. The summed E-state index contributed by atoms with van der Waals surface area (Å²) in [6.45, 7) is 4.87. The maximum atomic E-state index is 12.4. The van der Waals surface area contributed by atoms with Crippen LogP contribution in [0.15, 0.2) is 64.2 Å². The molecule has 0 bridgehead atoms. The van der Waals surface area contributed by atoms with Gasteiger partial charge in [-0.25, -0.2) is 0 Å². The fourth-order valence-corrected chi connectivity index (χ4v) is 3.78. The number of fused-ring (bicyclic) bond motifs is 1. The van der Waals surface area contributed by atoms with Crippen LogP contribution in [-0.4, -0.2) is 40.2 Å². The normalized spacial score (nSPS) is 16.3. The van der Waals surface area contributed by atoms with Crippen LogP contribution in [0.5, 0.6) is 11.5 Å². The van der Waals surface area contributed by atoms with Gasteiger partial charge in [-0.1, -0.05) is 36.8 Å². The minimum atomic E-state index is -0.426. The van der Waals surface area contributed by atoms with Crippen molar-refractivity contribution in [1.29, 1.82) is 5.41 Å². The highest BCUT2D eigenvalue weighted by atomic mass is 35.5. The van der Waals surface area contributed by atoms with Crippen LogP contribution in [0.2, 0.25) is 0 Å². The summed E-state index contributed by atoms with van der Waals surface area (Å²) in [4.78, 5) is 16.5. The van der Waals surface area contributed by atoms with E-state index < -0.39 is 5.91 Å². The Morgan fingerprint density at radius 1 is 1.03 bits per heavy atom. The zero-order chi connectivity index (χ0) is 21.8. The Balaban J connectivity index is 0.00000289. The second-order valence-corrected chi connectivity index (χ2v) is 7.99. The van der Waals surface area contributed by atoms with Gasteiger partial charge in [0.1, 0.15) is 29.8 Å². The molecule has 0 aliphatic carbocycles. The lowest BCUT2D eigenvalue weighted by Crippen LogP contribution is -2.35. The number of aliphatic imine (C=N–C) groups is 1. The number of nitrogens with one attached hydrogen (secondary N) is 1. The Morgan fingerprint density at radius 2 is 1.62 bits per heavy atom. The number of amidine groups is 2. The molecule has 9 heteroatoms. The largest absolute Gasteiger partial charge is 0.490 e. The highest BCUT2D eigenvalue weighted by Crippen LogP contribution is 2.29. The van der Waals surface area contributed by atoms with E-state index in [2.05, 4.69) is 10.1 Å². The van der Waals surface area contributed by atoms with Gasteiger partial charge in [0.05, 0.1) is 5.57 Å². The first-order valence-corrected chi connectivity index (χ1v) is 10.8. The van der Waals surface area contributed by atoms with E-state index in [0.29, 0.717) is 24.1 Å². The number of amides is 1. The second-order valence-electron chi connectivity index (χ2n) is 6.95. The zero-order valence-electron chi connectivity index (χ0n) is 17.7. The number of thioether (sulfide) groups is 1. The van der Waals surface area contributed by atoms with E-state index >= 15 is 0 Å². The van der Waals surface area contributed by atoms with Crippen molar-refractivity contribution < 1.29 is 14.3 Å². The monoisotopic (exact) mass is 470 g/mol.